The van der Waals surface area contributed by atoms with Gasteiger partial charge in [-0.3, -0.25) is 18.8 Å². The van der Waals surface area contributed by atoms with Gasteiger partial charge >= 0.3 is 5.69 Å². The van der Waals surface area contributed by atoms with Crippen molar-refractivity contribution >= 4 is 34.4 Å². The van der Waals surface area contributed by atoms with Crippen LogP contribution in [0.25, 0.3) is 28.4 Å². The third-order valence-corrected chi connectivity index (χ3v) is 7.90. The van der Waals surface area contributed by atoms with Crippen molar-refractivity contribution in [3.63, 3.8) is 0 Å². The molecular formula is C29H36FN11O3. The number of nitrogens with zero attached hydrogens (tertiary/aromatic N) is 9. The number of nitrogen functional groups attached to an aromatic ring is 1. The molecule has 0 saturated carbocycles. The molecule has 1 amide bonds. The number of anilines is 2. The van der Waals surface area contributed by atoms with Crippen molar-refractivity contribution in [2.75, 3.05) is 64.0 Å². The molecule has 0 bridgehead atoms. The fourth-order valence-electron chi connectivity index (χ4n) is 5.76. The summed E-state index contributed by atoms with van der Waals surface area (Å²) >= 11 is 0. The number of imidazole rings is 1. The average Bonchev–Trinajstić information content (AvgIpc) is 3.72. The number of halogens is 1. The molecule has 44 heavy (non-hydrogen) atoms. The Labute approximate surface area is 252 Å². The molecule has 6 rings (SSSR count). The zero-order valence-electron chi connectivity index (χ0n) is 25.2. The summed E-state index contributed by atoms with van der Waals surface area (Å²) in [7, 11) is 5.54. The number of likely N-dealkylation sites (N-methyl/N-ethyl adjacent to an activating group) is 1. The first-order valence-electron chi connectivity index (χ1n) is 14.5. The number of aromatic nitrogens is 6. The summed E-state index contributed by atoms with van der Waals surface area (Å²) in [5.74, 6) is 0.221. The highest BCUT2D eigenvalue weighted by molar-refractivity contribution is 5.94. The number of carbonyl (C=O) groups excluding carboxylic acids is 1. The highest BCUT2D eigenvalue weighted by Gasteiger charge is 2.24. The molecule has 232 valence electrons. The molecule has 0 aliphatic carbocycles. The predicted octanol–water partition coefficient (Wildman–Crippen LogP) is 1.26. The Morgan fingerprint density at radius 1 is 1.14 bits per heavy atom. The van der Waals surface area contributed by atoms with Gasteiger partial charge < -0.3 is 25.3 Å². The maximum Gasteiger partial charge on any atom is 0.330 e. The zero-order valence-corrected chi connectivity index (χ0v) is 25.2. The van der Waals surface area contributed by atoms with E-state index in [9.17, 15) is 9.59 Å². The van der Waals surface area contributed by atoms with Gasteiger partial charge in [-0.25, -0.2) is 14.2 Å². The highest BCUT2D eigenvalue weighted by atomic mass is 19.1. The smallest absolute Gasteiger partial charge is 0.330 e. The van der Waals surface area contributed by atoms with Gasteiger partial charge in [-0.05, 0) is 51.4 Å². The summed E-state index contributed by atoms with van der Waals surface area (Å²) in [6.45, 7) is 6.16. The second-order valence-electron chi connectivity index (χ2n) is 11.4. The standard InChI is InChI=1S/C29H36FN11O3/c1-18(17-36(2)3)32-27(42)19-7-8-21(20(30)16-19)39-12-9-38(10-13-39)11-14-40-25-23(37(4)29(40)43)26-33-24(22-6-5-15-44-22)35-41(26)28(31)34-25/h5-8,15-16,18H,9-14,17H2,1-4H3,(H2,31,34)(H,32,42). The fraction of sp³-hybridized carbons (Fsp3) is 0.414. The second kappa shape index (κ2) is 11.7. The molecule has 1 unspecified atom stereocenters. The van der Waals surface area contributed by atoms with Crippen LogP contribution >= 0.6 is 0 Å². The van der Waals surface area contributed by atoms with Crippen LogP contribution in [-0.4, -0.2) is 104 Å². The van der Waals surface area contributed by atoms with Crippen LogP contribution in [0.2, 0.25) is 0 Å². The van der Waals surface area contributed by atoms with E-state index in [1.54, 1.807) is 35.9 Å². The summed E-state index contributed by atoms with van der Waals surface area (Å²) in [5.41, 5.74) is 8.14. The fourth-order valence-corrected chi connectivity index (χ4v) is 5.76. The number of hydrogen-bond acceptors (Lipinski definition) is 10. The van der Waals surface area contributed by atoms with Crippen LogP contribution in [0, 0.1) is 5.82 Å². The van der Waals surface area contributed by atoms with E-state index in [0.29, 0.717) is 85.5 Å². The predicted molar refractivity (Wildman–Crippen MR) is 164 cm³/mol. The lowest BCUT2D eigenvalue weighted by Crippen LogP contribution is -2.47. The van der Waals surface area contributed by atoms with Crippen molar-refractivity contribution < 1.29 is 13.6 Å². The monoisotopic (exact) mass is 605 g/mol. The second-order valence-corrected chi connectivity index (χ2v) is 11.4. The molecule has 1 atom stereocenters. The van der Waals surface area contributed by atoms with Gasteiger partial charge in [-0.2, -0.15) is 9.50 Å². The molecule has 1 saturated heterocycles. The molecule has 3 N–H and O–H groups in total. The van der Waals surface area contributed by atoms with Gasteiger partial charge in [-0.1, -0.05) is 0 Å². The first kappa shape index (κ1) is 29.3. The Morgan fingerprint density at radius 3 is 2.59 bits per heavy atom. The minimum absolute atomic E-state index is 0.0601. The number of aryl methyl sites for hydroxylation is 1. The van der Waals surface area contributed by atoms with E-state index in [-0.39, 0.29) is 23.6 Å². The molecule has 15 heteroatoms. The molecular weight excluding hydrogens is 569 g/mol. The Bertz CT molecular complexity index is 1870. The maximum absolute atomic E-state index is 15.1. The van der Waals surface area contributed by atoms with Gasteiger partial charge in [-0.15, -0.1) is 5.10 Å². The van der Waals surface area contributed by atoms with Gasteiger partial charge in [0, 0.05) is 64.5 Å². The number of amides is 1. The number of rotatable bonds is 9. The summed E-state index contributed by atoms with van der Waals surface area (Å²) in [6.07, 6.45) is 1.53. The lowest BCUT2D eigenvalue weighted by molar-refractivity contribution is 0.0934. The van der Waals surface area contributed by atoms with Crippen LogP contribution in [0.1, 0.15) is 17.3 Å². The molecule has 4 aromatic heterocycles. The normalized spacial score (nSPS) is 15.1. The third-order valence-electron chi connectivity index (χ3n) is 7.90. The van der Waals surface area contributed by atoms with Crippen LogP contribution < -0.4 is 21.6 Å². The van der Waals surface area contributed by atoms with Crippen molar-refractivity contribution in [1.82, 2.24) is 43.8 Å². The van der Waals surface area contributed by atoms with E-state index in [4.69, 9.17) is 10.2 Å². The Kier molecular flexibility index (Phi) is 7.82. The molecule has 1 aromatic carbocycles. The van der Waals surface area contributed by atoms with E-state index in [0.717, 1.165) is 0 Å². The van der Waals surface area contributed by atoms with Crippen molar-refractivity contribution in [2.45, 2.75) is 19.5 Å². The van der Waals surface area contributed by atoms with Gasteiger partial charge in [0.25, 0.3) is 5.91 Å². The number of carbonyl (C=O) groups is 1. The van der Waals surface area contributed by atoms with Crippen molar-refractivity contribution in [1.29, 1.82) is 0 Å². The molecule has 0 spiro atoms. The Morgan fingerprint density at radius 2 is 1.91 bits per heavy atom. The van der Waals surface area contributed by atoms with Crippen molar-refractivity contribution in [2.24, 2.45) is 7.05 Å². The van der Waals surface area contributed by atoms with Crippen molar-refractivity contribution in [3.8, 4) is 11.6 Å². The van der Waals surface area contributed by atoms with E-state index in [1.807, 2.05) is 30.8 Å². The lowest BCUT2D eigenvalue weighted by atomic mass is 10.1. The Hall–Kier alpha value is -4.76. The van der Waals surface area contributed by atoms with Gasteiger partial charge in [0.05, 0.1) is 12.0 Å². The topological polar surface area (TPSA) is 148 Å². The lowest BCUT2D eigenvalue weighted by Gasteiger charge is -2.36. The quantitative estimate of drug-likeness (QED) is 0.252. The molecule has 0 radical (unpaired) electrons. The number of furan rings is 1. The number of nitrogens with two attached hydrogens (primary N) is 1. The van der Waals surface area contributed by atoms with Crippen LogP contribution in [-0.2, 0) is 13.6 Å². The minimum atomic E-state index is -0.424. The van der Waals surface area contributed by atoms with E-state index >= 15 is 4.39 Å². The van der Waals surface area contributed by atoms with Gasteiger partial charge in [0.2, 0.25) is 11.8 Å². The summed E-state index contributed by atoms with van der Waals surface area (Å²) in [6, 6.07) is 8.07. The van der Waals surface area contributed by atoms with Crippen LogP contribution in [0.15, 0.2) is 45.8 Å². The highest BCUT2D eigenvalue weighted by Crippen LogP contribution is 2.24. The third kappa shape index (κ3) is 5.51. The first-order chi connectivity index (χ1) is 21.1. The van der Waals surface area contributed by atoms with Crippen molar-refractivity contribution in [3.05, 3.63) is 58.5 Å². The number of piperazine rings is 1. The summed E-state index contributed by atoms with van der Waals surface area (Å²) in [5, 5.41) is 7.32. The van der Waals surface area contributed by atoms with E-state index < -0.39 is 5.82 Å². The van der Waals surface area contributed by atoms with Crippen LogP contribution in [0.4, 0.5) is 16.0 Å². The SMILES string of the molecule is CC(CN(C)C)NC(=O)c1ccc(N2CCN(CCn3c(=O)n(C)c4c3nc(N)n3nc(-c5ccco5)nc43)CC2)c(F)c1. The number of benzene rings is 1. The van der Waals surface area contributed by atoms with Gasteiger partial charge in [0.15, 0.2) is 17.1 Å². The minimum Gasteiger partial charge on any atom is -0.461 e. The number of hydrogen-bond donors (Lipinski definition) is 2. The molecule has 1 aliphatic rings. The molecule has 14 nitrogen and oxygen atoms in total. The van der Waals surface area contributed by atoms with E-state index in [1.165, 1.54) is 21.4 Å². The maximum atomic E-state index is 15.1. The average molecular weight is 606 g/mol. The van der Waals surface area contributed by atoms with Gasteiger partial charge in [0.1, 0.15) is 11.3 Å². The van der Waals surface area contributed by atoms with E-state index in [2.05, 4.69) is 25.3 Å². The zero-order chi connectivity index (χ0) is 31.1. The summed E-state index contributed by atoms with van der Waals surface area (Å²) in [4.78, 5) is 41.1. The largest absolute Gasteiger partial charge is 0.461 e. The number of fused-ring (bicyclic) bond motifs is 3. The summed E-state index contributed by atoms with van der Waals surface area (Å²) < 4.78 is 25.1. The van der Waals surface area contributed by atoms with Crippen LogP contribution in [0.5, 0.6) is 0 Å². The Balaban J connectivity index is 1.12. The molecule has 1 aliphatic heterocycles. The van der Waals surface area contributed by atoms with Crippen LogP contribution in [0.3, 0.4) is 0 Å². The molecule has 5 aromatic rings. The number of nitrogens with one attached hydrogen (secondary N) is 1. The first-order valence-corrected chi connectivity index (χ1v) is 14.5. The molecule has 5 heterocycles. The molecule has 1 fully saturated rings.